The first-order valence-corrected chi connectivity index (χ1v) is 3.43. The van der Waals surface area contributed by atoms with Crippen LogP contribution in [0.4, 0.5) is 0 Å². The Labute approximate surface area is 64.8 Å². The molecule has 0 aliphatic rings. The molecule has 0 saturated heterocycles. The van der Waals surface area contributed by atoms with Gasteiger partial charge in [-0.1, -0.05) is 6.07 Å². The van der Waals surface area contributed by atoms with Crippen LogP contribution in [0.25, 0.3) is 10.9 Å². The topological polar surface area (TPSA) is 25.0 Å². The normalized spacial score (nSPS) is 10.3. The summed E-state index contributed by atoms with van der Waals surface area (Å²) >= 11 is 0. The first-order chi connectivity index (χ1) is 5.42. The summed E-state index contributed by atoms with van der Waals surface area (Å²) in [7, 11) is 1.66. The molecule has 0 unspecified atom stereocenters. The van der Waals surface area contributed by atoms with Crippen LogP contribution < -0.4 is 4.74 Å². The number of hydrogen-bond donors (Lipinski definition) is 1. The molecule has 2 aromatic rings. The van der Waals surface area contributed by atoms with Gasteiger partial charge in [0.15, 0.2) is 0 Å². The van der Waals surface area contributed by atoms with Crippen molar-refractivity contribution in [1.29, 1.82) is 0 Å². The van der Waals surface area contributed by atoms with E-state index in [0.717, 1.165) is 16.7 Å². The Hall–Kier alpha value is -1.44. The lowest BCUT2D eigenvalue weighted by molar-refractivity contribution is 0.420. The Kier molecular flexibility index (Phi) is 1.32. The van der Waals surface area contributed by atoms with E-state index in [2.05, 4.69) is 11.1 Å². The molecule has 11 heavy (non-hydrogen) atoms. The van der Waals surface area contributed by atoms with E-state index in [1.54, 1.807) is 13.3 Å². The minimum absolute atomic E-state index is 0.865. The van der Waals surface area contributed by atoms with E-state index in [-0.39, 0.29) is 0 Å². The van der Waals surface area contributed by atoms with Gasteiger partial charge in [-0.05, 0) is 12.1 Å². The molecule has 0 fully saturated rings. The van der Waals surface area contributed by atoms with Crippen molar-refractivity contribution >= 4 is 10.9 Å². The number of H-pyrrole nitrogens is 1. The standard InChI is InChI=1S/C9H8NO/c1-11-9-4-2-3-8-7(9)5-6-10-8/h2-4,6,10H,1H3. The number of ether oxygens (including phenoxy) is 1. The maximum atomic E-state index is 5.13. The number of methoxy groups -OCH3 is 1. The van der Waals surface area contributed by atoms with Crippen LogP contribution in [0.5, 0.6) is 5.75 Å². The number of fused-ring (bicyclic) bond motifs is 1. The molecule has 2 heteroatoms. The molecular formula is C9H8NO. The van der Waals surface area contributed by atoms with E-state index < -0.39 is 0 Å². The smallest absolute Gasteiger partial charge is 0.128 e. The first-order valence-electron chi connectivity index (χ1n) is 3.43. The van der Waals surface area contributed by atoms with Gasteiger partial charge in [0.2, 0.25) is 0 Å². The van der Waals surface area contributed by atoms with Gasteiger partial charge >= 0.3 is 0 Å². The van der Waals surface area contributed by atoms with Gasteiger partial charge < -0.3 is 9.72 Å². The molecule has 1 radical (unpaired) electrons. The zero-order chi connectivity index (χ0) is 7.68. The molecule has 1 heterocycles. The second kappa shape index (κ2) is 2.31. The van der Waals surface area contributed by atoms with Gasteiger partial charge in [-0.2, -0.15) is 0 Å². The fourth-order valence-electron chi connectivity index (χ4n) is 1.16. The van der Waals surface area contributed by atoms with Gasteiger partial charge in [0.1, 0.15) is 5.75 Å². The molecule has 1 aromatic heterocycles. The molecule has 0 aliphatic heterocycles. The van der Waals surface area contributed by atoms with Crippen LogP contribution >= 0.6 is 0 Å². The van der Waals surface area contributed by atoms with Gasteiger partial charge in [-0.3, -0.25) is 0 Å². The molecule has 1 N–H and O–H groups in total. The van der Waals surface area contributed by atoms with Crippen LogP contribution in [0.1, 0.15) is 0 Å². The second-order valence-electron chi connectivity index (χ2n) is 2.32. The minimum atomic E-state index is 0.865. The fourth-order valence-corrected chi connectivity index (χ4v) is 1.16. The van der Waals surface area contributed by atoms with Crippen LogP contribution in [0.3, 0.4) is 0 Å². The third-order valence-corrected chi connectivity index (χ3v) is 1.69. The van der Waals surface area contributed by atoms with Crippen molar-refractivity contribution in [1.82, 2.24) is 4.98 Å². The summed E-state index contributed by atoms with van der Waals surface area (Å²) in [4.78, 5) is 3.06. The van der Waals surface area contributed by atoms with E-state index in [1.165, 1.54) is 0 Å². The lowest BCUT2D eigenvalue weighted by Crippen LogP contribution is -1.81. The molecule has 1 aromatic carbocycles. The lowest BCUT2D eigenvalue weighted by Gasteiger charge is -1.98. The van der Waals surface area contributed by atoms with Crippen molar-refractivity contribution in [2.75, 3.05) is 7.11 Å². The second-order valence-corrected chi connectivity index (χ2v) is 2.32. The Balaban J connectivity index is 2.79. The highest BCUT2D eigenvalue weighted by molar-refractivity contribution is 5.84. The third kappa shape index (κ3) is 0.871. The molecule has 0 atom stereocenters. The molecule has 55 valence electrons. The Morgan fingerprint density at radius 3 is 3.18 bits per heavy atom. The zero-order valence-corrected chi connectivity index (χ0v) is 6.22. The van der Waals surface area contributed by atoms with Crippen molar-refractivity contribution in [3.63, 3.8) is 0 Å². The first kappa shape index (κ1) is 6.28. The Morgan fingerprint density at radius 1 is 1.45 bits per heavy atom. The predicted octanol–water partition coefficient (Wildman–Crippen LogP) is 1.98. The zero-order valence-electron chi connectivity index (χ0n) is 6.22. The number of aromatic amines is 1. The monoisotopic (exact) mass is 146 g/mol. The largest absolute Gasteiger partial charge is 0.496 e. The average Bonchev–Trinajstić information content (AvgIpc) is 2.50. The summed E-state index contributed by atoms with van der Waals surface area (Å²) in [6.45, 7) is 0. The predicted molar refractivity (Wildman–Crippen MR) is 43.7 cm³/mol. The highest BCUT2D eigenvalue weighted by Crippen LogP contribution is 2.22. The molecule has 2 nitrogen and oxygen atoms in total. The van der Waals surface area contributed by atoms with E-state index in [4.69, 9.17) is 4.74 Å². The molecule has 0 aliphatic carbocycles. The average molecular weight is 146 g/mol. The highest BCUT2D eigenvalue weighted by Gasteiger charge is 1.99. The van der Waals surface area contributed by atoms with Crippen LogP contribution in [0.15, 0.2) is 24.4 Å². The van der Waals surface area contributed by atoms with Gasteiger partial charge in [0, 0.05) is 23.2 Å². The number of nitrogens with one attached hydrogen (secondary N) is 1. The van der Waals surface area contributed by atoms with Crippen LogP contribution in [-0.4, -0.2) is 12.1 Å². The van der Waals surface area contributed by atoms with Crippen molar-refractivity contribution < 1.29 is 4.74 Å². The van der Waals surface area contributed by atoms with E-state index in [9.17, 15) is 0 Å². The maximum Gasteiger partial charge on any atom is 0.128 e. The summed E-state index contributed by atoms with van der Waals surface area (Å²) in [6, 6.07) is 8.93. The molecule has 0 saturated carbocycles. The van der Waals surface area contributed by atoms with Gasteiger partial charge in [-0.15, -0.1) is 0 Å². The minimum Gasteiger partial charge on any atom is -0.496 e. The lowest BCUT2D eigenvalue weighted by atomic mass is 10.2. The van der Waals surface area contributed by atoms with Crippen molar-refractivity contribution in [2.24, 2.45) is 0 Å². The number of aromatic nitrogens is 1. The molecule has 0 bridgehead atoms. The highest BCUT2D eigenvalue weighted by atomic mass is 16.5. The number of hydrogen-bond acceptors (Lipinski definition) is 1. The number of rotatable bonds is 1. The Bertz CT molecular complexity index is 364. The van der Waals surface area contributed by atoms with Gasteiger partial charge in [0.25, 0.3) is 0 Å². The summed E-state index contributed by atoms with van der Waals surface area (Å²) in [5.74, 6) is 0.865. The maximum absolute atomic E-state index is 5.13. The van der Waals surface area contributed by atoms with Crippen molar-refractivity contribution in [3.8, 4) is 5.75 Å². The fraction of sp³-hybridized carbons (Fsp3) is 0.111. The van der Waals surface area contributed by atoms with Gasteiger partial charge in [-0.25, -0.2) is 0 Å². The summed E-state index contributed by atoms with van der Waals surface area (Å²) in [5.41, 5.74) is 1.06. The summed E-state index contributed by atoms with van der Waals surface area (Å²) in [6.07, 6.45) is 1.78. The van der Waals surface area contributed by atoms with Crippen molar-refractivity contribution in [3.05, 3.63) is 30.5 Å². The third-order valence-electron chi connectivity index (χ3n) is 1.69. The quantitative estimate of drug-likeness (QED) is 0.653. The Morgan fingerprint density at radius 2 is 2.36 bits per heavy atom. The van der Waals surface area contributed by atoms with Crippen LogP contribution in [-0.2, 0) is 0 Å². The van der Waals surface area contributed by atoms with Crippen LogP contribution in [0, 0.1) is 6.07 Å². The molecular weight excluding hydrogens is 138 g/mol. The number of benzene rings is 1. The van der Waals surface area contributed by atoms with E-state index in [1.807, 2.05) is 18.2 Å². The summed E-state index contributed by atoms with van der Waals surface area (Å²) < 4.78 is 5.13. The molecule has 2 rings (SSSR count). The van der Waals surface area contributed by atoms with Crippen molar-refractivity contribution in [2.45, 2.75) is 0 Å². The van der Waals surface area contributed by atoms with E-state index in [0.29, 0.717) is 0 Å². The van der Waals surface area contributed by atoms with E-state index >= 15 is 0 Å². The molecule has 0 spiro atoms. The molecule has 0 amide bonds. The SMILES string of the molecule is COc1cccc2[nH]c[c]c12. The van der Waals surface area contributed by atoms with Crippen LogP contribution in [0.2, 0.25) is 0 Å². The van der Waals surface area contributed by atoms with Gasteiger partial charge in [0.05, 0.1) is 7.11 Å². The summed E-state index contributed by atoms with van der Waals surface area (Å²) in [5, 5.41) is 1.01.